The average molecular weight is 558 g/mol. The predicted octanol–water partition coefficient (Wildman–Crippen LogP) is 6.69. The first-order valence-corrected chi connectivity index (χ1v) is 12.6. The van der Waals surface area contributed by atoms with E-state index in [2.05, 4.69) is 0 Å². The minimum Gasteiger partial charge on any atom is -0.493 e. The van der Waals surface area contributed by atoms with E-state index >= 15 is 0 Å². The molecule has 4 aromatic carbocycles. The van der Waals surface area contributed by atoms with Gasteiger partial charge in [-0.3, -0.25) is 34.7 Å². The number of nitro groups is 2. The van der Waals surface area contributed by atoms with E-state index in [-0.39, 0.29) is 33.9 Å². The van der Waals surface area contributed by atoms with Crippen molar-refractivity contribution in [2.24, 2.45) is 0 Å². The molecule has 1 fully saturated rings. The van der Waals surface area contributed by atoms with Gasteiger partial charge in [0.1, 0.15) is 0 Å². The van der Waals surface area contributed by atoms with Gasteiger partial charge < -0.3 is 9.47 Å². The summed E-state index contributed by atoms with van der Waals surface area (Å²) in [6.45, 7) is 0.132. The molecule has 0 N–H and O–H groups in total. The van der Waals surface area contributed by atoms with Crippen molar-refractivity contribution in [3.8, 4) is 17.2 Å². The van der Waals surface area contributed by atoms with Gasteiger partial charge in [-0.25, -0.2) is 0 Å². The zero-order chi connectivity index (χ0) is 28.4. The summed E-state index contributed by atoms with van der Waals surface area (Å²) >= 11 is 0.827. The maximum atomic E-state index is 13.1. The number of amides is 2. The summed E-state index contributed by atoms with van der Waals surface area (Å²) < 4.78 is 11.0. The number of carbonyl (C=O) groups excluding carboxylic acids is 2. The van der Waals surface area contributed by atoms with Crippen LogP contribution < -0.4 is 9.47 Å². The van der Waals surface area contributed by atoms with Crippen molar-refractivity contribution in [2.45, 2.75) is 6.54 Å². The molecule has 1 saturated heterocycles. The number of nitrogens with zero attached hydrogens (tertiary/aromatic N) is 3. The molecule has 200 valence electrons. The molecule has 40 heavy (non-hydrogen) atoms. The molecule has 2 amide bonds. The Morgan fingerprint density at radius 1 is 0.875 bits per heavy atom. The van der Waals surface area contributed by atoms with Crippen LogP contribution in [0.2, 0.25) is 0 Å². The van der Waals surface area contributed by atoms with Gasteiger partial charge in [0.05, 0.1) is 34.5 Å². The maximum Gasteiger partial charge on any atom is 0.318 e. The van der Waals surface area contributed by atoms with Gasteiger partial charge >= 0.3 is 5.69 Å². The Bertz CT molecular complexity index is 1730. The molecule has 11 nitrogen and oxygen atoms in total. The highest BCUT2D eigenvalue weighted by molar-refractivity contribution is 8.18. The molecule has 1 aliphatic rings. The van der Waals surface area contributed by atoms with Gasteiger partial charge in [0.15, 0.2) is 11.5 Å². The van der Waals surface area contributed by atoms with Gasteiger partial charge in [0.2, 0.25) is 5.75 Å². The second kappa shape index (κ2) is 10.9. The first kappa shape index (κ1) is 26.4. The minimum absolute atomic E-state index is 0.112. The van der Waals surface area contributed by atoms with E-state index in [9.17, 15) is 29.8 Å². The first-order chi connectivity index (χ1) is 19.2. The standard InChI is InChI=1S/C28H19N3O8S/c1-38-25-13-17(9-11-24(25)39-23-12-10-20(30(34)35)15-22(23)31(36)37)14-26-27(32)29(28(33)40-26)16-19-7-4-6-18-5-2-3-8-21(18)19/h2-15H,16H2,1H3/b26-14+. The Kier molecular flexibility index (Phi) is 7.17. The molecular weight excluding hydrogens is 538 g/mol. The van der Waals surface area contributed by atoms with E-state index < -0.39 is 27.1 Å². The highest BCUT2D eigenvalue weighted by atomic mass is 32.2. The summed E-state index contributed by atoms with van der Waals surface area (Å²) in [6, 6.07) is 21.1. The topological polar surface area (TPSA) is 142 Å². The fourth-order valence-electron chi connectivity index (χ4n) is 4.21. The van der Waals surface area contributed by atoms with Crippen LogP contribution in [0, 0.1) is 20.2 Å². The molecule has 1 aliphatic heterocycles. The Labute approximate surface area is 230 Å². The first-order valence-electron chi connectivity index (χ1n) is 11.8. The molecule has 0 spiro atoms. The second-order valence-corrected chi connectivity index (χ2v) is 9.58. The smallest absolute Gasteiger partial charge is 0.318 e. The number of nitro benzene ring substituents is 2. The molecule has 1 heterocycles. The molecule has 0 bridgehead atoms. The lowest BCUT2D eigenvalue weighted by Gasteiger charge is -2.14. The zero-order valence-corrected chi connectivity index (χ0v) is 21.6. The monoisotopic (exact) mass is 557 g/mol. The summed E-state index contributed by atoms with van der Waals surface area (Å²) in [6.07, 6.45) is 1.55. The van der Waals surface area contributed by atoms with E-state index in [4.69, 9.17) is 9.47 Å². The SMILES string of the molecule is COc1cc(/C=C2/SC(=O)N(Cc3cccc4ccccc34)C2=O)ccc1Oc1ccc([N+](=O)[O-])cc1[N+](=O)[O-]. The van der Waals surface area contributed by atoms with Crippen LogP contribution in [-0.4, -0.2) is 33.0 Å². The molecule has 0 saturated carbocycles. The largest absolute Gasteiger partial charge is 0.493 e. The van der Waals surface area contributed by atoms with E-state index in [1.54, 1.807) is 18.2 Å². The van der Waals surface area contributed by atoms with Gasteiger partial charge in [-0.2, -0.15) is 0 Å². The number of rotatable bonds is 8. The van der Waals surface area contributed by atoms with Crippen LogP contribution >= 0.6 is 11.8 Å². The molecule has 0 radical (unpaired) electrons. The van der Waals surface area contributed by atoms with Gasteiger partial charge in [-0.15, -0.1) is 0 Å². The van der Waals surface area contributed by atoms with Crippen molar-refractivity contribution in [1.82, 2.24) is 4.90 Å². The van der Waals surface area contributed by atoms with Crippen LogP contribution in [0.25, 0.3) is 16.8 Å². The van der Waals surface area contributed by atoms with Crippen LogP contribution in [0.15, 0.2) is 83.8 Å². The van der Waals surface area contributed by atoms with Crippen LogP contribution in [0.3, 0.4) is 0 Å². The van der Waals surface area contributed by atoms with Crippen LogP contribution in [0.1, 0.15) is 11.1 Å². The lowest BCUT2D eigenvalue weighted by molar-refractivity contribution is -0.394. The number of ether oxygens (including phenoxy) is 2. The van der Waals surface area contributed by atoms with Crippen molar-refractivity contribution in [3.05, 3.63) is 115 Å². The fraction of sp³-hybridized carbons (Fsp3) is 0.0714. The van der Waals surface area contributed by atoms with E-state index in [0.717, 1.165) is 46.3 Å². The predicted molar refractivity (Wildman–Crippen MR) is 148 cm³/mol. The second-order valence-electron chi connectivity index (χ2n) is 8.58. The van der Waals surface area contributed by atoms with E-state index in [0.29, 0.717) is 5.56 Å². The van der Waals surface area contributed by atoms with Gasteiger partial charge in [0, 0.05) is 6.07 Å². The lowest BCUT2D eigenvalue weighted by atomic mass is 10.0. The van der Waals surface area contributed by atoms with Crippen LogP contribution in [0.5, 0.6) is 17.2 Å². The van der Waals surface area contributed by atoms with Gasteiger partial charge in [0.25, 0.3) is 16.8 Å². The Morgan fingerprint density at radius 2 is 1.62 bits per heavy atom. The molecule has 4 aromatic rings. The molecule has 0 unspecified atom stereocenters. The minimum atomic E-state index is -0.780. The van der Waals surface area contributed by atoms with Crippen LogP contribution in [-0.2, 0) is 11.3 Å². The number of methoxy groups -OCH3 is 1. The molecular formula is C28H19N3O8S. The quantitative estimate of drug-likeness (QED) is 0.131. The van der Waals surface area contributed by atoms with Crippen molar-refractivity contribution >= 4 is 51.1 Å². The molecule has 5 rings (SSSR count). The van der Waals surface area contributed by atoms with Crippen LogP contribution in [0.4, 0.5) is 16.2 Å². The average Bonchev–Trinajstić information content (AvgIpc) is 3.21. The third kappa shape index (κ3) is 5.20. The third-order valence-electron chi connectivity index (χ3n) is 6.14. The molecule has 0 atom stereocenters. The van der Waals surface area contributed by atoms with Crippen molar-refractivity contribution < 1.29 is 28.9 Å². The normalized spacial score (nSPS) is 14.1. The number of imide groups is 1. The molecule has 0 aromatic heterocycles. The molecule has 0 aliphatic carbocycles. The fourth-order valence-corrected chi connectivity index (χ4v) is 5.05. The Hall–Kier alpha value is -5.23. The summed E-state index contributed by atoms with van der Waals surface area (Å²) in [5.74, 6) is -0.336. The lowest BCUT2D eigenvalue weighted by Crippen LogP contribution is -2.27. The summed E-state index contributed by atoms with van der Waals surface area (Å²) in [5.41, 5.74) is 0.346. The number of carbonyl (C=O) groups is 2. The number of thioether (sulfide) groups is 1. The third-order valence-corrected chi connectivity index (χ3v) is 7.04. The summed E-state index contributed by atoms with van der Waals surface area (Å²) in [5, 5.41) is 24.0. The number of hydrogen-bond acceptors (Lipinski definition) is 9. The highest BCUT2D eigenvalue weighted by Crippen LogP contribution is 2.40. The zero-order valence-electron chi connectivity index (χ0n) is 20.8. The number of hydrogen-bond donors (Lipinski definition) is 0. The Morgan fingerprint density at radius 3 is 2.38 bits per heavy atom. The Balaban J connectivity index is 1.39. The highest BCUT2D eigenvalue weighted by Gasteiger charge is 2.35. The number of benzene rings is 4. The number of fused-ring (bicyclic) bond motifs is 1. The van der Waals surface area contributed by atoms with E-state index in [1.165, 1.54) is 18.1 Å². The number of non-ortho nitro benzene ring substituents is 1. The summed E-state index contributed by atoms with van der Waals surface area (Å²) in [7, 11) is 1.37. The van der Waals surface area contributed by atoms with Gasteiger partial charge in [-0.1, -0.05) is 48.5 Å². The maximum absolute atomic E-state index is 13.1. The van der Waals surface area contributed by atoms with Crippen molar-refractivity contribution in [2.75, 3.05) is 7.11 Å². The van der Waals surface area contributed by atoms with E-state index in [1.807, 2.05) is 42.5 Å². The van der Waals surface area contributed by atoms with Gasteiger partial charge in [-0.05, 0) is 57.9 Å². The summed E-state index contributed by atoms with van der Waals surface area (Å²) in [4.78, 5) is 48.2. The molecule has 12 heteroatoms. The van der Waals surface area contributed by atoms with Crippen molar-refractivity contribution in [1.29, 1.82) is 0 Å². The van der Waals surface area contributed by atoms with Crippen molar-refractivity contribution in [3.63, 3.8) is 0 Å².